The van der Waals surface area contributed by atoms with Crippen LogP contribution in [0.2, 0.25) is 0 Å². The number of rotatable bonds is 5. The highest BCUT2D eigenvalue weighted by Gasteiger charge is 2.15. The molecule has 9 heteroatoms. The van der Waals surface area contributed by atoms with E-state index in [0.29, 0.717) is 23.6 Å². The van der Waals surface area contributed by atoms with Gasteiger partial charge in [-0.05, 0) is 44.9 Å². The van der Waals surface area contributed by atoms with E-state index < -0.39 is 0 Å². The number of aromatic amines is 1. The number of hydrogen-bond donors (Lipinski definition) is 2. The second kappa shape index (κ2) is 7.34. The normalized spacial score (nSPS) is 11.1. The Hall–Kier alpha value is -3.75. The minimum absolute atomic E-state index is 0.142. The van der Waals surface area contributed by atoms with Gasteiger partial charge in [-0.3, -0.25) is 9.36 Å². The lowest BCUT2D eigenvalue weighted by Crippen LogP contribution is -2.20. The maximum atomic E-state index is 12.7. The molecule has 0 aliphatic heterocycles. The third kappa shape index (κ3) is 3.42. The number of aryl methyl sites for hydroxylation is 3. The Labute approximate surface area is 166 Å². The highest BCUT2D eigenvalue weighted by atomic mass is 16.2. The third-order valence-corrected chi connectivity index (χ3v) is 4.97. The summed E-state index contributed by atoms with van der Waals surface area (Å²) in [6, 6.07) is 7.24. The number of hydrogen-bond acceptors (Lipinski definition) is 5. The Morgan fingerprint density at radius 3 is 2.76 bits per heavy atom. The summed E-state index contributed by atoms with van der Waals surface area (Å²) in [4.78, 5) is 36.0. The molecule has 4 rings (SSSR count). The smallest absolute Gasteiger partial charge is 0.324 e. The van der Waals surface area contributed by atoms with Crippen LogP contribution in [0.5, 0.6) is 0 Å². The number of anilines is 1. The molecule has 0 aliphatic carbocycles. The highest BCUT2D eigenvalue weighted by Crippen LogP contribution is 2.21. The Morgan fingerprint density at radius 2 is 2.00 bits per heavy atom. The molecule has 148 valence electrons. The van der Waals surface area contributed by atoms with E-state index >= 15 is 0 Å². The molecule has 9 nitrogen and oxygen atoms in total. The lowest BCUT2D eigenvalue weighted by atomic mass is 10.1. The molecule has 0 bridgehead atoms. The maximum absolute atomic E-state index is 12.7. The average Bonchev–Trinajstić information content (AvgIpc) is 3.28. The van der Waals surface area contributed by atoms with Crippen LogP contribution in [0.4, 0.5) is 5.69 Å². The van der Waals surface area contributed by atoms with E-state index in [1.165, 1.54) is 10.9 Å². The van der Waals surface area contributed by atoms with E-state index in [2.05, 4.69) is 25.4 Å². The predicted molar refractivity (Wildman–Crippen MR) is 108 cm³/mol. The quantitative estimate of drug-likeness (QED) is 0.541. The molecule has 0 atom stereocenters. The zero-order chi connectivity index (χ0) is 20.5. The van der Waals surface area contributed by atoms with E-state index in [1.54, 1.807) is 22.8 Å². The van der Waals surface area contributed by atoms with Crippen LogP contribution in [0.25, 0.3) is 11.5 Å². The second-order valence-electron chi connectivity index (χ2n) is 6.87. The van der Waals surface area contributed by atoms with Crippen LogP contribution in [-0.4, -0.2) is 35.0 Å². The topological polar surface area (TPSA) is 110 Å². The minimum Gasteiger partial charge on any atom is -0.324 e. The number of amides is 1. The van der Waals surface area contributed by atoms with Gasteiger partial charge in [0.15, 0.2) is 0 Å². The monoisotopic (exact) mass is 391 g/mol. The molecule has 2 N–H and O–H groups in total. The average molecular weight is 391 g/mol. The molecule has 0 saturated heterocycles. The van der Waals surface area contributed by atoms with Crippen LogP contribution in [-0.2, 0) is 11.2 Å². The van der Waals surface area contributed by atoms with Crippen LogP contribution in [0, 0.1) is 20.8 Å². The van der Waals surface area contributed by atoms with E-state index in [-0.39, 0.29) is 18.0 Å². The molecule has 0 aliphatic rings. The first kappa shape index (κ1) is 18.6. The summed E-state index contributed by atoms with van der Waals surface area (Å²) in [6.07, 6.45) is 3.91. The fourth-order valence-corrected chi connectivity index (χ4v) is 3.50. The molecule has 0 radical (unpaired) electrons. The second-order valence-corrected chi connectivity index (χ2v) is 6.87. The summed E-state index contributed by atoms with van der Waals surface area (Å²) >= 11 is 0. The predicted octanol–water partition coefficient (Wildman–Crippen LogP) is 2.10. The first-order valence-electron chi connectivity index (χ1n) is 9.28. The molecular formula is C20H21N7O2. The van der Waals surface area contributed by atoms with Crippen molar-refractivity contribution in [3.05, 3.63) is 69.9 Å². The van der Waals surface area contributed by atoms with Gasteiger partial charge in [0.1, 0.15) is 6.33 Å². The first-order valence-corrected chi connectivity index (χ1v) is 9.28. The van der Waals surface area contributed by atoms with Gasteiger partial charge in [0.2, 0.25) is 5.91 Å². The summed E-state index contributed by atoms with van der Waals surface area (Å²) < 4.78 is 3.21. The molecule has 4 aromatic rings. The standard InChI is InChI=1S/C20H21N7O2/c1-12-10-21-20(29)26(12)17-7-5-4-6-16(17)25-18(28)9-8-15-13(2)24-19-22-11-23-27(19)14(15)3/h4-7,10-11H,8-9H2,1-3H3,(H,21,29)(H,25,28). The first-order chi connectivity index (χ1) is 14.0. The number of nitrogens with zero attached hydrogens (tertiary/aromatic N) is 5. The number of nitrogens with one attached hydrogen (secondary N) is 2. The lowest BCUT2D eigenvalue weighted by Gasteiger charge is -2.13. The van der Waals surface area contributed by atoms with Gasteiger partial charge in [-0.2, -0.15) is 10.1 Å². The molecule has 0 spiro atoms. The van der Waals surface area contributed by atoms with Crippen molar-refractivity contribution in [3.63, 3.8) is 0 Å². The maximum Gasteiger partial charge on any atom is 0.330 e. The van der Waals surface area contributed by atoms with Gasteiger partial charge in [0.25, 0.3) is 5.78 Å². The summed E-state index contributed by atoms with van der Waals surface area (Å²) in [6.45, 7) is 5.68. The van der Waals surface area contributed by atoms with Crippen molar-refractivity contribution < 1.29 is 4.79 Å². The van der Waals surface area contributed by atoms with Crippen molar-refractivity contribution in [1.29, 1.82) is 0 Å². The summed E-state index contributed by atoms with van der Waals surface area (Å²) in [5.41, 5.74) is 4.46. The summed E-state index contributed by atoms with van der Waals surface area (Å²) in [5, 5.41) is 7.11. The largest absolute Gasteiger partial charge is 0.330 e. The molecule has 0 fully saturated rings. The molecule has 0 unspecified atom stereocenters. The van der Waals surface area contributed by atoms with Crippen LogP contribution >= 0.6 is 0 Å². The Kier molecular flexibility index (Phi) is 4.71. The number of aromatic nitrogens is 6. The number of imidazole rings is 1. The SMILES string of the molecule is Cc1nc2ncnn2c(C)c1CCC(=O)Nc1ccccc1-n1c(C)c[nH]c1=O. The Morgan fingerprint density at radius 1 is 1.21 bits per heavy atom. The van der Waals surface area contributed by atoms with Crippen molar-refractivity contribution in [3.8, 4) is 5.69 Å². The van der Waals surface area contributed by atoms with Crippen molar-refractivity contribution in [2.24, 2.45) is 0 Å². The van der Waals surface area contributed by atoms with E-state index in [9.17, 15) is 9.59 Å². The van der Waals surface area contributed by atoms with Gasteiger partial charge >= 0.3 is 5.69 Å². The van der Waals surface area contributed by atoms with E-state index in [0.717, 1.165) is 22.6 Å². The summed E-state index contributed by atoms with van der Waals surface area (Å²) in [5.74, 6) is 0.408. The number of H-pyrrole nitrogens is 1. The fourth-order valence-electron chi connectivity index (χ4n) is 3.50. The highest BCUT2D eigenvalue weighted by molar-refractivity contribution is 5.93. The van der Waals surface area contributed by atoms with Gasteiger partial charge in [-0.1, -0.05) is 12.1 Å². The van der Waals surface area contributed by atoms with Crippen LogP contribution in [0.3, 0.4) is 0 Å². The number of carbonyl (C=O) groups excluding carboxylic acids is 1. The molecular weight excluding hydrogens is 370 g/mol. The van der Waals surface area contributed by atoms with Gasteiger partial charge in [-0.15, -0.1) is 0 Å². The summed E-state index contributed by atoms with van der Waals surface area (Å²) in [7, 11) is 0. The van der Waals surface area contributed by atoms with Crippen molar-refractivity contribution in [2.45, 2.75) is 33.6 Å². The third-order valence-electron chi connectivity index (χ3n) is 4.97. The number of benzene rings is 1. The van der Waals surface area contributed by atoms with Crippen LogP contribution in [0.15, 0.2) is 41.6 Å². The van der Waals surface area contributed by atoms with Crippen molar-refractivity contribution in [1.82, 2.24) is 29.1 Å². The Bertz CT molecular complexity index is 1270. The zero-order valence-electron chi connectivity index (χ0n) is 16.4. The number of para-hydroxylation sites is 2. The van der Waals surface area contributed by atoms with Gasteiger partial charge < -0.3 is 10.3 Å². The molecule has 1 aromatic carbocycles. The van der Waals surface area contributed by atoms with Gasteiger partial charge in [-0.25, -0.2) is 14.3 Å². The van der Waals surface area contributed by atoms with Crippen molar-refractivity contribution in [2.75, 3.05) is 5.32 Å². The molecule has 1 amide bonds. The molecule has 3 heterocycles. The van der Waals surface area contributed by atoms with E-state index in [4.69, 9.17) is 0 Å². The minimum atomic E-state index is -0.248. The number of carbonyl (C=O) groups is 1. The Balaban J connectivity index is 1.54. The van der Waals surface area contributed by atoms with Crippen LogP contribution in [0.1, 0.15) is 29.1 Å². The zero-order valence-corrected chi connectivity index (χ0v) is 16.4. The van der Waals surface area contributed by atoms with Crippen molar-refractivity contribution >= 4 is 17.4 Å². The molecule has 29 heavy (non-hydrogen) atoms. The van der Waals surface area contributed by atoms with E-state index in [1.807, 2.05) is 32.9 Å². The van der Waals surface area contributed by atoms with Gasteiger partial charge in [0, 0.05) is 29.7 Å². The fraction of sp³-hybridized carbons (Fsp3) is 0.250. The lowest BCUT2D eigenvalue weighted by molar-refractivity contribution is -0.116. The molecule has 0 saturated carbocycles. The molecule has 3 aromatic heterocycles. The van der Waals surface area contributed by atoms with Gasteiger partial charge in [0.05, 0.1) is 11.4 Å². The number of fused-ring (bicyclic) bond motifs is 1. The van der Waals surface area contributed by atoms with Crippen LogP contribution < -0.4 is 11.0 Å².